The first-order valence-electron chi connectivity index (χ1n) is 5.84. The Morgan fingerprint density at radius 1 is 1.15 bits per heavy atom. The zero-order valence-electron chi connectivity index (χ0n) is 9.38. The highest BCUT2D eigenvalue weighted by atomic mass is 16.5. The Balaban J connectivity index is 2.15. The Hall–Kier alpha value is -0.0400. The first-order valence-corrected chi connectivity index (χ1v) is 5.84. The molecule has 0 aromatic carbocycles. The molecule has 1 fully saturated rings. The molecular weight excluding hydrogens is 160 g/mol. The van der Waals surface area contributed by atoms with E-state index < -0.39 is 0 Å². The van der Waals surface area contributed by atoms with Crippen LogP contribution in [0.5, 0.6) is 0 Å². The molecular formula is C12H24O. The Morgan fingerprint density at radius 3 is 2.23 bits per heavy atom. The van der Waals surface area contributed by atoms with E-state index in [1.807, 2.05) is 0 Å². The summed E-state index contributed by atoms with van der Waals surface area (Å²) in [7, 11) is 0. The van der Waals surface area contributed by atoms with Crippen LogP contribution in [0.4, 0.5) is 0 Å². The lowest BCUT2D eigenvalue weighted by Crippen LogP contribution is -2.22. The zero-order valence-corrected chi connectivity index (χ0v) is 9.38. The van der Waals surface area contributed by atoms with Gasteiger partial charge in [0.1, 0.15) is 0 Å². The van der Waals surface area contributed by atoms with Crippen LogP contribution in [0.1, 0.15) is 52.9 Å². The lowest BCUT2D eigenvalue weighted by Gasteiger charge is -2.29. The average Bonchev–Trinajstić information content (AvgIpc) is 2.08. The van der Waals surface area contributed by atoms with E-state index in [2.05, 4.69) is 20.8 Å². The Bertz CT molecular complexity index is 123. The second kappa shape index (κ2) is 5.64. The molecule has 1 heteroatoms. The van der Waals surface area contributed by atoms with Gasteiger partial charge < -0.3 is 4.74 Å². The van der Waals surface area contributed by atoms with E-state index in [1.165, 1.54) is 32.1 Å². The van der Waals surface area contributed by atoms with Crippen LogP contribution in [0.3, 0.4) is 0 Å². The van der Waals surface area contributed by atoms with Crippen LogP contribution < -0.4 is 0 Å². The van der Waals surface area contributed by atoms with E-state index in [-0.39, 0.29) is 0 Å². The minimum absolute atomic E-state index is 0.577. The predicted molar refractivity (Wildman–Crippen MR) is 56.8 cm³/mol. The van der Waals surface area contributed by atoms with Crippen LogP contribution in [-0.2, 0) is 4.74 Å². The third kappa shape index (κ3) is 4.12. The maximum atomic E-state index is 5.64. The summed E-state index contributed by atoms with van der Waals surface area (Å²) in [5.41, 5.74) is 0. The lowest BCUT2D eigenvalue weighted by atomic mass is 9.82. The normalized spacial score (nSPS) is 29.5. The van der Waals surface area contributed by atoms with Crippen molar-refractivity contribution in [2.45, 2.75) is 59.0 Å². The van der Waals surface area contributed by atoms with Gasteiger partial charge in [-0.25, -0.2) is 0 Å². The van der Waals surface area contributed by atoms with Gasteiger partial charge >= 0.3 is 0 Å². The molecule has 0 spiro atoms. The molecule has 0 aromatic heterocycles. The van der Waals surface area contributed by atoms with Gasteiger partial charge in [-0.05, 0) is 50.9 Å². The van der Waals surface area contributed by atoms with Crippen molar-refractivity contribution in [2.75, 3.05) is 6.61 Å². The monoisotopic (exact) mass is 184 g/mol. The van der Waals surface area contributed by atoms with E-state index in [1.54, 1.807) is 0 Å². The van der Waals surface area contributed by atoms with Gasteiger partial charge in [0.15, 0.2) is 0 Å². The second-order valence-corrected chi connectivity index (χ2v) is 4.73. The van der Waals surface area contributed by atoms with Gasteiger partial charge in [-0.15, -0.1) is 0 Å². The van der Waals surface area contributed by atoms with Crippen molar-refractivity contribution in [1.29, 1.82) is 0 Å². The molecule has 0 N–H and O–H groups in total. The van der Waals surface area contributed by atoms with Crippen molar-refractivity contribution in [3.05, 3.63) is 0 Å². The summed E-state index contributed by atoms with van der Waals surface area (Å²) in [6.07, 6.45) is 7.37. The first-order chi connectivity index (χ1) is 6.22. The molecule has 13 heavy (non-hydrogen) atoms. The maximum Gasteiger partial charge on any atom is 0.0575 e. The van der Waals surface area contributed by atoms with Crippen molar-refractivity contribution >= 4 is 0 Å². The van der Waals surface area contributed by atoms with E-state index in [0.717, 1.165) is 18.4 Å². The molecule has 1 nitrogen and oxygen atoms in total. The Kier molecular flexibility index (Phi) is 4.79. The van der Waals surface area contributed by atoms with Crippen molar-refractivity contribution in [3.8, 4) is 0 Å². The summed E-state index contributed by atoms with van der Waals surface area (Å²) in [6, 6.07) is 0. The lowest BCUT2D eigenvalue weighted by molar-refractivity contribution is 0.0234. The summed E-state index contributed by atoms with van der Waals surface area (Å²) in [5, 5.41) is 0. The second-order valence-electron chi connectivity index (χ2n) is 4.73. The molecule has 1 rings (SSSR count). The number of rotatable bonds is 4. The molecule has 0 radical (unpaired) electrons. The third-order valence-corrected chi connectivity index (χ3v) is 3.00. The van der Waals surface area contributed by atoms with Crippen LogP contribution in [0.25, 0.3) is 0 Å². The van der Waals surface area contributed by atoms with Crippen LogP contribution in [0.15, 0.2) is 0 Å². The summed E-state index contributed by atoms with van der Waals surface area (Å²) in [4.78, 5) is 0. The smallest absolute Gasteiger partial charge is 0.0575 e. The third-order valence-electron chi connectivity index (χ3n) is 3.00. The molecule has 0 amide bonds. The van der Waals surface area contributed by atoms with Crippen molar-refractivity contribution in [2.24, 2.45) is 11.8 Å². The summed E-state index contributed by atoms with van der Waals surface area (Å²) in [5.74, 6) is 1.85. The minimum Gasteiger partial charge on any atom is -0.379 e. The molecule has 0 unspecified atom stereocenters. The molecule has 0 aromatic rings. The maximum absolute atomic E-state index is 5.64. The Morgan fingerprint density at radius 2 is 1.77 bits per heavy atom. The first kappa shape index (κ1) is 11.0. The van der Waals surface area contributed by atoms with Gasteiger partial charge in [-0.2, -0.15) is 0 Å². The molecule has 0 bridgehead atoms. The minimum atomic E-state index is 0.577. The fraction of sp³-hybridized carbons (Fsp3) is 1.00. The Labute approximate surface area is 82.9 Å². The number of ether oxygens (including phenoxy) is 1. The van der Waals surface area contributed by atoms with Gasteiger partial charge in [0, 0.05) is 6.61 Å². The molecule has 0 saturated heterocycles. The summed E-state index contributed by atoms with van der Waals surface area (Å²) >= 11 is 0. The van der Waals surface area contributed by atoms with Gasteiger partial charge in [0.25, 0.3) is 0 Å². The van der Waals surface area contributed by atoms with Crippen LogP contribution in [-0.4, -0.2) is 12.7 Å². The van der Waals surface area contributed by atoms with Crippen LogP contribution in [0.2, 0.25) is 0 Å². The van der Waals surface area contributed by atoms with Gasteiger partial charge in [-0.1, -0.05) is 13.8 Å². The molecule has 1 aliphatic carbocycles. The van der Waals surface area contributed by atoms with E-state index in [0.29, 0.717) is 6.10 Å². The van der Waals surface area contributed by atoms with E-state index >= 15 is 0 Å². The molecule has 0 heterocycles. The highest BCUT2D eigenvalue weighted by molar-refractivity contribution is 4.73. The van der Waals surface area contributed by atoms with E-state index in [4.69, 9.17) is 4.74 Å². The van der Waals surface area contributed by atoms with Crippen molar-refractivity contribution < 1.29 is 4.74 Å². The molecule has 0 aliphatic heterocycles. The highest BCUT2D eigenvalue weighted by Gasteiger charge is 2.21. The van der Waals surface area contributed by atoms with Crippen LogP contribution >= 0.6 is 0 Å². The quantitative estimate of drug-likeness (QED) is 0.648. The van der Waals surface area contributed by atoms with Crippen LogP contribution in [0, 0.1) is 11.8 Å². The van der Waals surface area contributed by atoms with Crippen molar-refractivity contribution in [3.63, 3.8) is 0 Å². The number of hydrogen-bond donors (Lipinski definition) is 0. The molecule has 1 saturated carbocycles. The summed E-state index contributed by atoms with van der Waals surface area (Å²) < 4.78 is 5.64. The van der Waals surface area contributed by atoms with E-state index in [9.17, 15) is 0 Å². The number of hydrogen-bond acceptors (Lipinski definition) is 1. The van der Waals surface area contributed by atoms with Gasteiger partial charge in [0.05, 0.1) is 6.10 Å². The molecule has 0 atom stereocenters. The highest BCUT2D eigenvalue weighted by Crippen LogP contribution is 2.30. The zero-order chi connectivity index (χ0) is 9.68. The SMILES string of the molecule is CCOC1CCC(CC(C)C)CC1. The predicted octanol–water partition coefficient (Wildman–Crippen LogP) is 3.63. The fourth-order valence-corrected chi connectivity index (χ4v) is 2.44. The van der Waals surface area contributed by atoms with Gasteiger partial charge in [-0.3, -0.25) is 0 Å². The van der Waals surface area contributed by atoms with Crippen molar-refractivity contribution in [1.82, 2.24) is 0 Å². The largest absolute Gasteiger partial charge is 0.379 e. The average molecular weight is 184 g/mol. The fourth-order valence-electron chi connectivity index (χ4n) is 2.44. The topological polar surface area (TPSA) is 9.23 Å². The molecule has 78 valence electrons. The standard InChI is InChI=1S/C12H24O/c1-4-13-12-7-5-11(6-8-12)9-10(2)3/h10-12H,4-9H2,1-3H3. The summed E-state index contributed by atoms with van der Waals surface area (Å²) in [6.45, 7) is 7.64. The molecule has 1 aliphatic rings. The van der Waals surface area contributed by atoms with Gasteiger partial charge in [0.2, 0.25) is 0 Å².